The van der Waals surface area contributed by atoms with Gasteiger partial charge in [0, 0.05) is 17.1 Å². The smallest absolute Gasteiger partial charge is 0.192 e. The number of ketones is 1. The largest absolute Gasteiger partial charge is 0.289 e. The minimum absolute atomic E-state index is 0.0911. The molecule has 0 N–H and O–H groups in total. The van der Waals surface area contributed by atoms with Crippen LogP contribution < -0.4 is 0 Å². The Hall–Kier alpha value is -6.31. The second kappa shape index (κ2) is 11.6. The van der Waals surface area contributed by atoms with E-state index in [1.165, 1.54) is 83.5 Å². The minimum Gasteiger partial charge on any atom is -0.289 e. The van der Waals surface area contributed by atoms with Crippen LogP contribution >= 0.6 is 0 Å². The van der Waals surface area contributed by atoms with Gasteiger partial charge in [-0.15, -0.1) is 0 Å². The maximum absolute atomic E-state index is 14.9. The molecule has 4 aliphatic carbocycles. The first-order valence-corrected chi connectivity index (χ1v) is 18.8. The lowest BCUT2D eigenvalue weighted by atomic mass is 9.70. The molecule has 1 unspecified atom stereocenters. The summed E-state index contributed by atoms with van der Waals surface area (Å²) in [6.45, 7) is 0. The Labute approximate surface area is 310 Å². The van der Waals surface area contributed by atoms with E-state index in [4.69, 9.17) is 0 Å². The molecule has 250 valence electrons. The van der Waals surface area contributed by atoms with Crippen LogP contribution in [0.25, 0.3) is 33.4 Å². The molecule has 1 heteroatoms. The molecule has 11 rings (SSSR count). The van der Waals surface area contributed by atoms with Gasteiger partial charge in [0.05, 0.1) is 5.41 Å². The summed E-state index contributed by atoms with van der Waals surface area (Å²) in [5.41, 5.74) is 20.4. The van der Waals surface area contributed by atoms with E-state index in [9.17, 15) is 4.79 Å². The van der Waals surface area contributed by atoms with Gasteiger partial charge in [0.25, 0.3) is 0 Å². The minimum atomic E-state index is -0.472. The Bertz CT molecular complexity index is 2670. The van der Waals surface area contributed by atoms with Crippen LogP contribution in [0, 0.1) is 0 Å². The highest BCUT2D eigenvalue weighted by molar-refractivity contribution is 6.12. The van der Waals surface area contributed by atoms with Crippen LogP contribution in [-0.4, -0.2) is 5.78 Å². The Morgan fingerprint density at radius 2 is 0.962 bits per heavy atom. The Kier molecular flexibility index (Phi) is 6.64. The van der Waals surface area contributed by atoms with Crippen molar-refractivity contribution in [2.24, 2.45) is 0 Å². The lowest BCUT2D eigenvalue weighted by Crippen LogP contribution is -2.26. The molecule has 7 aromatic carbocycles. The predicted octanol–water partition coefficient (Wildman–Crippen LogP) is 12.1. The molecule has 0 saturated carbocycles. The molecular weight excluding hydrogens is 641 g/mol. The zero-order valence-electron chi connectivity index (χ0n) is 29.4. The molecule has 0 bridgehead atoms. The number of fused-ring (bicyclic) bond motifs is 16. The second-order valence-electron chi connectivity index (χ2n) is 15.0. The van der Waals surface area contributed by atoms with E-state index in [2.05, 4.69) is 176 Å². The number of hydrogen-bond donors (Lipinski definition) is 0. The van der Waals surface area contributed by atoms with Crippen LogP contribution in [-0.2, 0) is 18.3 Å². The van der Waals surface area contributed by atoms with Gasteiger partial charge in [-0.25, -0.2) is 0 Å². The molecular formula is C52H36O. The summed E-state index contributed by atoms with van der Waals surface area (Å²) in [4.78, 5) is 14.9. The van der Waals surface area contributed by atoms with Gasteiger partial charge in [0.2, 0.25) is 0 Å². The third-order valence-electron chi connectivity index (χ3n) is 12.4. The summed E-state index contributed by atoms with van der Waals surface area (Å²) in [6, 6.07) is 59.6. The molecule has 1 atom stereocenters. The summed E-state index contributed by atoms with van der Waals surface area (Å²) in [5.74, 6) is 0.304. The normalized spacial score (nSPS) is 16.7. The van der Waals surface area contributed by atoms with Gasteiger partial charge in [-0.2, -0.15) is 0 Å². The van der Waals surface area contributed by atoms with Crippen LogP contribution in [0.15, 0.2) is 187 Å². The molecule has 1 spiro atoms. The number of benzene rings is 7. The summed E-state index contributed by atoms with van der Waals surface area (Å²) < 4.78 is 0. The SMILES string of the molecule is O=C(C1=CCC2C(=C1)Cc1ccccc1-c1ccccc1Cc1ccccc12)c1ccc2c(c1)C1(c3ccccc3-c3ccccc31)c1ccccc1-2. The van der Waals surface area contributed by atoms with E-state index < -0.39 is 5.41 Å². The summed E-state index contributed by atoms with van der Waals surface area (Å²) in [5, 5.41) is 0. The molecule has 0 radical (unpaired) electrons. The van der Waals surface area contributed by atoms with Crippen molar-refractivity contribution in [1.82, 2.24) is 0 Å². The first kappa shape index (κ1) is 30.3. The van der Waals surface area contributed by atoms with Crippen LogP contribution in [0.5, 0.6) is 0 Å². The third kappa shape index (κ3) is 4.34. The van der Waals surface area contributed by atoms with Crippen LogP contribution in [0.2, 0.25) is 0 Å². The summed E-state index contributed by atoms with van der Waals surface area (Å²) >= 11 is 0. The fourth-order valence-electron chi connectivity index (χ4n) is 10.2. The van der Waals surface area contributed by atoms with Crippen molar-refractivity contribution in [2.45, 2.75) is 30.6 Å². The van der Waals surface area contributed by atoms with E-state index in [0.717, 1.165) is 30.4 Å². The molecule has 53 heavy (non-hydrogen) atoms. The van der Waals surface area contributed by atoms with Gasteiger partial charge in [0.15, 0.2) is 5.78 Å². The van der Waals surface area contributed by atoms with Crippen molar-refractivity contribution in [3.63, 3.8) is 0 Å². The van der Waals surface area contributed by atoms with Crippen molar-refractivity contribution >= 4 is 5.78 Å². The fraction of sp³-hybridized carbons (Fsp3) is 0.0962. The fourth-order valence-corrected chi connectivity index (χ4v) is 10.2. The third-order valence-corrected chi connectivity index (χ3v) is 12.4. The van der Waals surface area contributed by atoms with E-state index in [1.54, 1.807) is 0 Å². The molecule has 0 heterocycles. The topological polar surface area (TPSA) is 17.1 Å². The summed E-state index contributed by atoms with van der Waals surface area (Å²) in [6.07, 6.45) is 6.91. The van der Waals surface area contributed by atoms with E-state index in [1.807, 2.05) is 0 Å². The average Bonchev–Trinajstić information content (AvgIpc) is 3.68. The molecule has 0 aliphatic heterocycles. The van der Waals surface area contributed by atoms with Crippen LogP contribution in [0.1, 0.15) is 67.2 Å². The Morgan fingerprint density at radius 3 is 1.58 bits per heavy atom. The molecule has 1 nitrogen and oxygen atoms in total. The van der Waals surface area contributed by atoms with Crippen LogP contribution in [0.4, 0.5) is 0 Å². The second-order valence-corrected chi connectivity index (χ2v) is 15.0. The summed E-state index contributed by atoms with van der Waals surface area (Å²) in [7, 11) is 0. The first-order valence-electron chi connectivity index (χ1n) is 18.8. The highest BCUT2D eigenvalue weighted by Gasteiger charge is 2.51. The van der Waals surface area contributed by atoms with Crippen LogP contribution in [0.3, 0.4) is 0 Å². The maximum atomic E-state index is 14.9. The molecule has 0 amide bonds. The number of Topliss-reactive ketones (excluding diaryl/α,β-unsaturated/α-hetero) is 1. The molecule has 0 saturated heterocycles. The van der Waals surface area contributed by atoms with E-state index in [0.29, 0.717) is 0 Å². The van der Waals surface area contributed by atoms with Crippen molar-refractivity contribution in [1.29, 1.82) is 0 Å². The number of hydrogen-bond acceptors (Lipinski definition) is 1. The van der Waals surface area contributed by atoms with Gasteiger partial charge >= 0.3 is 0 Å². The molecule has 0 fully saturated rings. The lowest BCUT2D eigenvalue weighted by Gasteiger charge is -2.31. The molecule has 4 aliphatic rings. The van der Waals surface area contributed by atoms with Gasteiger partial charge in [-0.3, -0.25) is 4.79 Å². The highest BCUT2D eigenvalue weighted by Crippen LogP contribution is 2.62. The zero-order valence-corrected chi connectivity index (χ0v) is 29.4. The maximum Gasteiger partial charge on any atom is 0.192 e. The van der Waals surface area contributed by atoms with Crippen molar-refractivity contribution < 1.29 is 4.79 Å². The molecule has 0 aromatic heterocycles. The predicted molar refractivity (Wildman–Crippen MR) is 215 cm³/mol. The zero-order chi connectivity index (χ0) is 35.1. The number of carbonyl (C=O) groups excluding carboxylic acids is 1. The first-order chi connectivity index (χ1) is 26.2. The van der Waals surface area contributed by atoms with Crippen molar-refractivity contribution in [3.05, 3.63) is 237 Å². The van der Waals surface area contributed by atoms with Gasteiger partial charge in [-0.1, -0.05) is 175 Å². The van der Waals surface area contributed by atoms with Gasteiger partial charge in [0.1, 0.15) is 0 Å². The molecule has 7 aromatic rings. The number of allylic oxidation sites excluding steroid dienone is 4. The van der Waals surface area contributed by atoms with E-state index >= 15 is 0 Å². The Morgan fingerprint density at radius 1 is 0.472 bits per heavy atom. The highest BCUT2D eigenvalue weighted by atomic mass is 16.1. The van der Waals surface area contributed by atoms with Crippen molar-refractivity contribution in [3.8, 4) is 33.4 Å². The van der Waals surface area contributed by atoms with E-state index in [-0.39, 0.29) is 11.7 Å². The lowest BCUT2D eigenvalue weighted by molar-refractivity contribution is 0.103. The monoisotopic (exact) mass is 676 g/mol. The van der Waals surface area contributed by atoms with Gasteiger partial charge in [-0.05, 0) is 103 Å². The quantitative estimate of drug-likeness (QED) is 0.167. The number of carbonyl (C=O) groups is 1. The number of rotatable bonds is 2. The van der Waals surface area contributed by atoms with Crippen molar-refractivity contribution in [2.75, 3.05) is 0 Å². The van der Waals surface area contributed by atoms with Gasteiger partial charge < -0.3 is 0 Å². The average molecular weight is 677 g/mol. The Balaban J connectivity index is 1.05. The standard InChI is InChI=1S/C52H36O/c53-51(36-25-27-42-38(31-36)30-35-15-3-5-17-40(35)39-16-4-1-13-33(39)29-34-14-2-6-18-41(34)42)37-26-28-46-45-21-9-12-24-49(45)52(50(46)32-37)47-22-10-7-19-43(47)44-20-8-11-23-48(44)52/h1-26,28,31-32,42H,27,29-30H2.